The van der Waals surface area contributed by atoms with Gasteiger partial charge in [0.25, 0.3) is 0 Å². The molecule has 1 fully saturated rings. The summed E-state index contributed by atoms with van der Waals surface area (Å²) >= 11 is 0. The van der Waals surface area contributed by atoms with Crippen LogP contribution in [-0.4, -0.2) is 41.4 Å². The lowest BCUT2D eigenvalue weighted by Gasteiger charge is -2.36. The van der Waals surface area contributed by atoms with Crippen LogP contribution >= 0.6 is 0 Å². The lowest BCUT2D eigenvalue weighted by Crippen LogP contribution is -2.46. The Morgan fingerprint density at radius 3 is 2.40 bits per heavy atom. The highest BCUT2D eigenvalue weighted by atomic mass is 16.3. The highest BCUT2D eigenvalue weighted by Crippen LogP contribution is 2.21. The van der Waals surface area contributed by atoms with Crippen LogP contribution in [0.2, 0.25) is 0 Å². The molecule has 0 unspecified atom stereocenters. The normalized spacial score (nSPS) is 14.4. The number of rotatable bonds is 3. The second-order valence-corrected chi connectivity index (χ2v) is 5.74. The van der Waals surface area contributed by atoms with Crippen molar-refractivity contribution in [3.63, 3.8) is 0 Å². The molecule has 7 nitrogen and oxygen atoms in total. The van der Waals surface area contributed by atoms with Crippen LogP contribution in [0, 0.1) is 11.3 Å². The Labute approximate surface area is 145 Å². The topological polar surface area (TPSA) is 82.1 Å². The van der Waals surface area contributed by atoms with Gasteiger partial charge in [-0.05, 0) is 36.4 Å². The van der Waals surface area contributed by atoms with Crippen LogP contribution in [0.5, 0.6) is 0 Å². The van der Waals surface area contributed by atoms with Crippen LogP contribution in [0.15, 0.2) is 53.3 Å². The Hall–Kier alpha value is -3.40. The minimum Gasteiger partial charge on any atom is -0.463 e. The zero-order chi connectivity index (χ0) is 17.1. The SMILES string of the molecule is N#Cc1ccc(N2CCN(c3ccc(-c4ccco4)nn3)CC2)cn1. The summed E-state index contributed by atoms with van der Waals surface area (Å²) in [5.74, 6) is 1.59. The van der Waals surface area contributed by atoms with E-state index in [9.17, 15) is 0 Å². The maximum Gasteiger partial charge on any atom is 0.154 e. The molecule has 0 aromatic carbocycles. The Balaban J connectivity index is 1.40. The average molecular weight is 332 g/mol. The Morgan fingerprint density at radius 1 is 0.960 bits per heavy atom. The van der Waals surface area contributed by atoms with E-state index in [1.54, 1.807) is 18.5 Å². The standard InChI is InChI=1S/C18H16N6O/c19-12-14-3-4-15(13-20-14)23-7-9-24(10-8-23)18-6-5-16(21-22-18)17-2-1-11-25-17/h1-6,11,13H,7-10H2. The van der Waals surface area contributed by atoms with Crippen LogP contribution in [0.3, 0.4) is 0 Å². The largest absolute Gasteiger partial charge is 0.463 e. The van der Waals surface area contributed by atoms with Gasteiger partial charge in [0.1, 0.15) is 17.5 Å². The highest BCUT2D eigenvalue weighted by Gasteiger charge is 2.19. The first kappa shape index (κ1) is 15.1. The summed E-state index contributed by atoms with van der Waals surface area (Å²) < 4.78 is 5.34. The maximum atomic E-state index is 8.83. The van der Waals surface area contributed by atoms with E-state index in [1.807, 2.05) is 36.4 Å². The first-order valence-electron chi connectivity index (χ1n) is 8.07. The van der Waals surface area contributed by atoms with E-state index in [1.165, 1.54) is 0 Å². The highest BCUT2D eigenvalue weighted by molar-refractivity contribution is 5.54. The second-order valence-electron chi connectivity index (χ2n) is 5.74. The Bertz CT molecular complexity index is 859. The monoisotopic (exact) mass is 332 g/mol. The van der Waals surface area contributed by atoms with Crippen molar-refractivity contribution in [2.75, 3.05) is 36.0 Å². The van der Waals surface area contributed by atoms with Crippen molar-refractivity contribution in [2.45, 2.75) is 0 Å². The number of hydrogen-bond acceptors (Lipinski definition) is 7. The van der Waals surface area contributed by atoms with Gasteiger partial charge in [-0.1, -0.05) is 0 Å². The molecule has 0 bridgehead atoms. The zero-order valence-electron chi connectivity index (χ0n) is 13.5. The molecule has 0 atom stereocenters. The molecule has 124 valence electrons. The van der Waals surface area contributed by atoms with Gasteiger partial charge in [-0.15, -0.1) is 10.2 Å². The molecular formula is C18H16N6O. The maximum absolute atomic E-state index is 8.83. The first-order chi connectivity index (χ1) is 12.3. The van der Waals surface area contributed by atoms with E-state index in [4.69, 9.17) is 9.68 Å². The van der Waals surface area contributed by atoms with Gasteiger partial charge in [0.15, 0.2) is 11.6 Å². The average Bonchev–Trinajstić information content (AvgIpc) is 3.23. The summed E-state index contributed by atoms with van der Waals surface area (Å²) in [6.45, 7) is 3.45. The van der Waals surface area contributed by atoms with Crippen LogP contribution in [-0.2, 0) is 0 Å². The summed E-state index contributed by atoms with van der Waals surface area (Å²) in [5.41, 5.74) is 2.21. The fourth-order valence-electron chi connectivity index (χ4n) is 2.88. The molecule has 0 aliphatic carbocycles. The predicted molar refractivity (Wildman–Crippen MR) is 93.1 cm³/mol. The predicted octanol–water partition coefficient (Wildman–Crippen LogP) is 2.33. The van der Waals surface area contributed by atoms with Crippen LogP contribution in [0.4, 0.5) is 11.5 Å². The van der Waals surface area contributed by atoms with E-state index < -0.39 is 0 Å². The number of nitrogens with zero attached hydrogens (tertiary/aromatic N) is 6. The molecule has 1 aliphatic rings. The van der Waals surface area contributed by atoms with Crippen LogP contribution in [0.1, 0.15) is 5.69 Å². The van der Waals surface area contributed by atoms with E-state index in [0.29, 0.717) is 5.69 Å². The van der Waals surface area contributed by atoms with Gasteiger partial charge in [-0.25, -0.2) is 4.98 Å². The van der Waals surface area contributed by atoms with E-state index in [0.717, 1.165) is 49.1 Å². The van der Waals surface area contributed by atoms with Gasteiger partial charge in [0.2, 0.25) is 0 Å². The molecule has 0 N–H and O–H groups in total. The summed E-state index contributed by atoms with van der Waals surface area (Å²) in [5, 5.41) is 17.4. The molecule has 1 aliphatic heterocycles. The fourth-order valence-corrected chi connectivity index (χ4v) is 2.88. The number of anilines is 2. The summed E-state index contributed by atoms with van der Waals surface area (Å²) in [6, 6.07) is 13.3. The van der Waals surface area contributed by atoms with Crippen molar-refractivity contribution in [3.05, 3.63) is 54.6 Å². The molecule has 4 rings (SSSR count). The van der Waals surface area contributed by atoms with E-state index >= 15 is 0 Å². The third-order valence-electron chi connectivity index (χ3n) is 4.26. The summed E-state index contributed by atoms with van der Waals surface area (Å²) in [4.78, 5) is 8.61. The van der Waals surface area contributed by atoms with Crippen molar-refractivity contribution >= 4 is 11.5 Å². The van der Waals surface area contributed by atoms with E-state index in [2.05, 4.69) is 25.0 Å². The fraction of sp³-hybridized carbons (Fsp3) is 0.222. The lowest BCUT2D eigenvalue weighted by atomic mass is 10.2. The van der Waals surface area contributed by atoms with E-state index in [-0.39, 0.29) is 0 Å². The molecule has 0 amide bonds. The van der Waals surface area contributed by atoms with Gasteiger partial charge >= 0.3 is 0 Å². The number of nitriles is 1. The van der Waals surface area contributed by atoms with Gasteiger partial charge in [0.05, 0.1) is 18.1 Å². The molecule has 0 spiro atoms. The third kappa shape index (κ3) is 3.15. The van der Waals surface area contributed by atoms with Crippen LogP contribution < -0.4 is 9.80 Å². The molecule has 7 heteroatoms. The third-order valence-corrected chi connectivity index (χ3v) is 4.26. The van der Waals surface area contributed by atoms with Gasteiger partial charge < -0.3 is 14.2 Å². The van der Waals surface area contributed by atoms with Crippen LogP contribution in [0.25, 0.3) is 11.5 Å². The molecule has 3 aromatic rings. The number of piperazine rings is 1. The Kier molecular flexibility index (Phi) is 4.01. The van der Waals surface area contributed by atoms with Gasteiger partial charge in [0, 0.05) is 26.2 Å². The zero-order valence-corrected chi connectivity index (χ0v) is 13.5. The molecule has 25 heavy (non-hydrogen) atoms. The molecule has 0 saturated carbocycles. The number of aromatic nitrogens is 3. The molecule has 0 radical (unpaired) electrons. The molecule has 3 aromatic heterocycles. The minimum absolute atomic E-state index is 0.439. The summed E-state index contributed by atoms with van der Waals surface area (Å²) in [6.07, 6.45) is 3.38. The smallest absolute Gasteiger partial charge is 0.154 e. The quantitative estimate of drug-likeness (QED) is 0.728. The second kappa shape index (κ2) is 6.61. The minimum atomic E-state index is 0.439. The lowest BCUT2D eigenvalue weighted by molar-refractivity contribution is 0.578. The summed E-state index contributed by atoms with van der Waals surface area (Å²) in [7, 11) is 0. The van der Waals surface area contributed by atoms with Crippen molar-refractivity contribution in [2.24, 2.45) is 0 Å². The molecular weight excluding hydrogens is 316 g/mol. The number of hydrogen-bond donors (Lipinski definition) is 0. The first-order valence-corrected chi connectivity index (χ1v) is 8.07. The van der Waals surface area contributed by atoms with Crippen molar-refractivity contribution < 1.29 is 4.42 Å². The van der Waals surface area contributed by atoms with Gasteiger partial charge in [-0.2, -0.15) is 5.26 Å². The van der Waals surface area contributed by atoms with Crippen molar-refractivity contribution in [1.82, 2.24) is 15.2 Å². The number of pyridine rings is 1. The van der Waals surface area contributed by atoms with Crippen molar-refractivity contribution in [3.8, 4) is 17.5 Å². The Morgan fingerprint density at radius 2 is 1.80 bits per heavy atom. The van der Waals surface area contributed by atoms with Gasteiger partial charge in [-0.3, -0.25) is 0 Å². The molecule has 1 saturated heterocycles. The number of furan rings is 1. The molecule has 4 heterocycles. The van der Waals surface area contributed by atoms with Crippen molar-refractivity contribution in [1.29, 1.82) is 5.26 Å².